The molecule has 0 saturated carbocycles. The lowest BCUT2D eigenvalue weighted by Crippen LogP contribution is -2.24. The molecule has 5 heterocycles. The van der Waals surface area contributed by atoms with Crippen LogP contribution in [-0.2, 0) is 25.7 Å². The number of hydrogen-bond acceptors (Lipinski definition) is 8. The number of aryl methyl sites for hydroxylation is 4. The average molecular weight is 1240 g/mol. The van der Waals surface area contributed by atoms with Gasteiger partial charge in [-0.15, -0.1) is 55.6 Å². The monoisotopic (exact) mass is 1240 g/mol. The van der Waals surface area contributed by atoms with E-state index < -0.39 is 7.40 Å². The molecule has 0 saturated heterocycles. The van der Waals surface area contributed by atoms with Crippen molar-refractivity contribution in [2.45, 2.75) is 310 Å². The van der Waals surface area contributed by atoms with Crippen LogP contribution in [0.3, 0.4) is 0 Å². The number of halogens is 1. The van der Waals surface area contributed by atoms with E-state index in [1.165, 1.54) is 308 Å². The van der Waals surface area contributed by atoms with Crippen molar-refractivity contribution in [2.75, 3.05) is 0 Å². The van der Waals surface area contributed by atoms with Gasteiger partial charge >= 0.3 is 7.40 Å². The first-order valence-electron chi connectivity index (χ1n) is 35.6. The molecule has 7 rings (SSSR count). The van der Waals surface area contributed by atoms with Crippen LogP contribution in [0.15, 0.2) is 81.7 Å². The number of azo groups is 1. The maximum absolute atomic E-state index is 16.4. The van der Waals surface area contributed by atoms with E-state index in [-0.39, 0.29) is 0 Å². The van der Waals surface area contributed by atoms with Gasteiger partial charge in [-0.2, -0.15) is 0 Å². The van der Waals surface area contributed by atoms with Gasteiger partial charge in [0.1, 0.15) is 22.9 Å². The van der Waals surface area contributed by atoms with E-state index in [0.29, 0.717) is 22.9 Å². The van der Waals surface area contributed by atoms with Crippen LogP contribution in [0.25, 0.3) is 40.4 Å². The van der Waals surface area contributed by atoms with Gasteiger partial charge in [-0.1, -0.05) is 271 Å². The van der Waals surface area contributed by atoms with Gasteiger partial charge in [0.05, 0.1) is 0 Å². The van der Waals surface area contributed by atoms with Crippen LogP contribution in [0.5, 0.6) is 11.5 Å². The van der Waals surface area contributed by atoms with E-state index in [0.717, 1.165) is 36.8 Å². The first-order chi connectivity index (χ1) is 42.5. The zero-order chi connectivity index (χ0) is 60.1. The number of fused-ring (bicyclic) bond motifs is 2. The number of rotatable bonds is 48. The summed E-state index contributed by atoms with van der Waals surface area (Å²) in [4.78, 5) is 8.01. The smallest absolute Gasteiger partial charge is 0.495 e. The van der Waals surface area contributed by atoms with Gasteiger partial charge in [0.2, 0.25) is 0 Å². The maximum Gasteiger partial charge on any atom is 0.830 e. The number of nitrogens with zero attached hydrogens (tertiary/aromatic N) is 2. The Labute approximate surface area is 540 Å². The molecular weight excluding hydrogens is 1130 g/mol. The summed E-state index contributed by atoms with van der Waals surface area (Å²) in [5.74, 6) is 0.666. The molecule has 1 aliphatic rings. The highest BCUT2D eigenvalue weighted by atomic mass is 32.1. The van der Waals surface area contributed by atoms with Crippen molar-refractivity contribution in [1.82, 2.24) is 0 Å². The Bertz CT molecular complexity index is 2590. The topological polar surface area (TPSA) is 43.2 Å². The molecule has 4 nitrogen and oxygen atoms in total. The van der Waals surface area contributed by atoms with Gasteiger partial charge in [0, 0.05) is 29.3 Å². The number of hydrogen-bond donors (Lipinski definition) is 0. The fourth-order valence-electron chi connectivity index (χ4n) is 12.6. The quantitative estimate of drug-likeness (QED) is 0.0282. The summed E-state index contributed by atoms with van der Waals surface area (Å²) >= 11 is 7.55. The molecule has 0 bridgehead atoms. The second-order valence-electron chi connectivity index (χ2n) is 25.3. The molecule has 472 valence electrons. The van der Waals surface area contributed by atoms with E-state index in [4.69, 9.17) is 19.5 Å². The lowest BCUT2D eigenvalue weighted by Gasteiger charge is -2.12. The predicted octanol–water partition coefficient (Wildman–Crippen LogP) is 28.6. The first kappa shape index (κ1) is 69.9. The first-order valence-corrected chi connectivity index (χ1v) is 39.0. The van der Waals surface area contributed by atoms with Crippen LogP contribution in [0.1, 0.15) is 307 Å². The maximum atomic E-state index is 16.4. The highest BCUT2D eigenvalue weighted by molar-refractivity contribution is 7.24. The number of thiophene rings is 4. The van der Waals surface area contributed by atoms with Crippen molar-refractivity contribution in [1.29, 1.82) is 0 Å². The van der Waals surface area contributed by atoms with Crippen molar-refractivity contribution in [3.8, 4) is 51.9 Å². The zero-order valence-electron chi connectivity index (χ0n) is 54.3. The minimum Gasteiger partial charge on any atom is -0.495 e. The Morgan fingerprint density at radius 3 is 0.907 bits per heavy atom. The highest BCUT2D eigenvalue weighted by Gasteiger charge is 2.30. The van der Waals surface area contributed by atoms with Gasteiger partial charge in [0.15, 0.2) is 0 Å². The standard InChI is InChI=1S/C76H112BFN2O2S4/c1-5-9-13-17-21-25-29-33-37-41-45-61-53-55-83-73(61)75-65(47-43-39-35-31-27-23-19-15-11-7-3)59-71(85-75)63-49-51-67-69(57-63)81-77(78)82-70-58-64(50-52-68(70)80-79-67)72-60-66(48-44-40-36-32-28-24-20-16-12-8-4)76(86-72)74-62(54-56-84-74)46-42-38-34-30-26-22-18-14-10-6-2/h49-60H,5-48H2,1-4H3. The Morgan fingerprint density at radius 1 is 0.326 bits per heavy atom. The van der Waals surface area contributed by atoms with Gasteiger partial charge in [-0.05, 0) is 144 Å². The molecule has 1 aliphatic heterocycles. The van der Waals surface area contributed by atoms with Crippen LogP contribution in [0.4, 0.5) is 15.7 Å². The summed E-state index contributed by atoms with van der Waals surface area (Å²) in [7, 11) is -2.04. The molecule has 0 aliphatic carbocycles. The minimum atomic E-state index is -2.04. The van der Waals surface area contributed by atoms with Crippen LogP contribution >= 0.6 is 45.3 Å². The molecule has 0 unspecified atom stereocenters. The van der Waals surface area contributed by atoms with Crippen LogP contribution < -0.4 is 9.31 Å². The fraction of sp³-hybridized carbons (Fsp3) is 0.632. The predicted molar refractivity (Wildman–Crippen MR) is 381 cm³/mol. The molecule has 2 aromatic carbocycles. The van der Waals surface area contributed by atoms with E-state index in [9.17, 15) is 0 Å². The second kappa shape index (κ2) is 42.4. The molecule has 0 amide bonds. The van der Waals surface area contributed by atoms with Gasteiger partial charge in [-0.25, -0.2) is 4.32 Å². The van der Waals surface area contributed by atoms with Crippen LogP contribution in [0, 0.1) is 0 Å². The lowest BCUT2D eigenvalue weighted by molar-refractivity contribution is 0.361. The molecule has 4 aromatic heterocycles. The third-order valence-corrected chi connectivity index (χ3v) is 22.6. The molecule has 0 fully saturated rings. The summed E-state index contributed by atoms with van der Waals surface area (Å²) in [5.41, 5.74) is 8.81. The lowest BCUT2D eigenvalue weighted by atomic mass is 10.0. The van der Waals surface area contributed by atoms with Crippen LogP contribution in [0.2, 0.25) is 0 Å². The molecule has 10 heteroatoms. The van der Waals surface area contributed by atoms with E-state index in [1.54, 1.807) is 0 Å². The zero-order valence-corrected chi connectivity index (χ0v) is 57.6. The SMILES string of the molecule is CCCCCCCCCCCCc1ccsc1-c1sc(-c2ccc3c(c2)OB(F)Oc2cc(-c4cc(CCCCCCCCCCCC)c(-c5sccc5CCCCCCCCCCCC)s4)ccc2N=N3)cc1CCCCCCCCCCCC. The molecule has 0 N–H and O–H groups in total. The third-order valence-electron chi connectivity index (χ3n) is 17.9. The van der Waals surface area contributed by atoms with E-state index in [2.05, 4.69) is 74.9 Å². The minimum absolute atomic E-state index is 0.333. The van der Waals surface area contributed by atoms with Crippen molar-refractivity contribution in [2.24, 2.45) is 10.2 Å². The Morgan fingerprint density at radius 2 is 0.605 bits per heavy atom. The second-order valence-corrected chi connectivity index (χ2v) is 29.2. The van der Waals surface area contributed by atoms with Crippen molar-refractivity contribution >= 4 is 64.1 Å². The molecule has 0 atom stereocenters. The Kier molecular flexibility index (Phi) is 34.5. The molecule has 0 radical (unpaired) electrons. The normalized spacial score (nSPS) is 12.3. The molecular formula is C76H112BFN2O2S4. The largest absolute Gasteiger partial charge is 0.830 e. The summed E-state index contributed by atoms with van der Waals surface area (Å²) < 4.78 is 28.6. The highest BCUT2D eigenvalue weighted by Crippen LogP contribution is 2.48. The summed E-state index contributed by atoms with van der Waals surface area (Å²) in [6.45, 7) is 9.19. The number of unbranched alkanes of at least 4 members (excludes halogenated alkanes) is 36. The third kappa shape index (κ3) is 24.7. The van der Waals surface area contributed by atoms with Crippen molar-refractivity contribution in [3.63, 3.8) is 0 Å². The van der Waals surface area contributed by atoms with Crippen LogP contribution in [-0.4, -0.2) is 7.40 Å². The summed E-state index contributed by atoms with van der Waals surface area (Å²) in [6, 6.07) is 21.5. The number of benzene rings is 2. The van der Waals surface area contributed by atoms with Gasteiger partial charge in [-0.3, -0.25) is 0 Å². The van der Waals surface area contributed by atoms with Crippen molar-refractivity contribution < 1.29 is 13.6 Å². The van der Waals surface area contributed by atoms with Gasteiger partial charge in [0.25, 0.3) is 0 Å². The van der Waals surface area contributed by atoms with Gasteiger partial charge < -0.3 is 9.31 Å². The summed E-state index contributed by atoms with van der Waals surface area (Å²) in [5, 5.41) is 14.0. The molecule has 0 spiro atoms. The summed E-state index contributed by atoms with van der Waals surface area (Å²) in [6.07, 6.45) is 58.0. The fourth-order valence-corrected chi connectivity index (χ4v) is 17.4. The Balaban J connectivity index is 1.03. The molecule has 86 heavy (non-hydrogen) atoms. The van der Waals surface area contributed by atoms with E-state index >= 15 is 4.32 Å². The Hall–Kier alpha value is -3.57. The van der Waals surface area contributed by atoms with E-state index in [1.807, 2.05) is 69.6 Å². The molecule has 6 aromatic rings. The van der Waals surface area contributed by atoms with Crippen molar-refractivity contribution in [3.05, 3.63) is 93.7 Å². The average Bonchev–Trinajstić information content (AvgIpc) is 2.21.